The second kappa shape index (κ2) is 9.07. The summed E-state index contributed by atoms with van der Waals surface area (Å²) in [6.07, 6.45) is 0.756. The van der Waals surface area contributed by atoms with Crippen molar-refractivity contribution in [3.8, 4) is 28.1 Å². The van der Waals surface area contributed by atoms with Gasteiger partial charge in [0.05, 0.1) is 34.5 Å². The summed E-state index contributed by atoms with van der Waals surface area (Å²) in [6.45, 7) is 3.83. The number of halogens is 3. The molecule has 0 radical (unpaired) electrons. The van der Waals surface area contributed by atoms with Gasteiger partial charge in [-0.25, -0.2) is 8.42 Å². The quantitative estimate of drug-likeness (QED) is 0.365. The van der Waals surface area contributed by atoms with Gasteiger partial charge in [-0.15, -0.1) is 0 Å². The van der Waals surface area contributed by atoms with Crippen molar-refractivity contribution in [2.24, 2.45) is 0 Å². The first-order valence-electron chi connectivity index (χ1n) is 11.0. The molecule has 0 saturated carbocycles. The van der Waals surface area contributed by atoms with Crippen LogP contribution >= 0.6 is 0 Å². The van der Waals surface area contributed by atoms with Crippen LogP contribution in [0, 0.1) is 0 Å². The molecule has 1 saturated heterocycles. The van der Waals surface area contributed by atoms with Crippen LogP contribution in [0.1, 0.15) is 12.0 Å². The summed E-state index contributed by atoms with van der Waals surface area (Å²) < 4.78 is 72.0. The van der Waals surface area contributed by atoms with Gasteiger partial charge in [-0.3, -0.25) is 9.97 Å². The van der Waals surface area contributed by atoms with Crippen molar-refractivity contribution in [2.75, 3.05) is 13.2 Å². The molecule has 3 aromatic heterocycles. The maximum absolute atomic E-state index is 13.5. The van der Waals surface area contributed by atoms with Crippen molar-refractivity contribution in [3.63, 3.8) is 0 Å². The van der Waals surface area contributed by atoms with Gasteiger partial charge in [-0.2, -0.15) is 17.5 Å². The molecule has 7 nitrogen and oxygen atoms in total. The molecule has 5 rings (SSSR count). The van der Waals surface area contributed by atoms with Crippen molar-refractivity contribution >= 4 is 21.1 Å². The Labute approximate surface area is 205 Å². The predicted octanol–water partition coefficient (Wildman–Crippen LogP) is 5.24. The summed E-state index contributed by atoms with van der Waals surface area (Å²) in [6, 6.07) is 9.93. The summed E-state index contributed by atoms with van der Waals surface area (Å²) in [4.78, 5) is 11.8. The highest BCUT2D eigenvalue weighted by atomic mass is 32.2. The zero-order valence-electron chi connectivity index (χ0n) is 18.9. The van der Waals surface area contributed by atoms with Crippen LogP contribution in [0.2, 0.25) is 0 Å². The van der Waals surface area contributed by atoms with Crippen LogP contribution in [0.3, 0.4) is 0 Å². The highest BCUT2D eigenvalue weighted by molar-refractivity contribution is 7.92. The molecule has 1 aliphatic heterocycles. The number of aromatic amines is 1. The van der Waals surface area contributed by atoms with Crippen molar-refractivity contribution in [2.45, 2.75) is 18.6 Å². The molecule has 11 heteroatoms. The van der Waals surface area contributed by atoms with E-state index in [0.29, 0.717) is 52.1 Å². The van der Waals surface area contributed by atoms with E-state index in [1.165, 1.54) is 16.6 Å². The van der Waals surface area contributed by atoms with Crippen LogP contribution in [0.25, 0.3) is 33.4 Å². The SMILES string of the molecule is C=CS(=O)(=O)N1CC[C@@H]1COc1cnccc1-c1[nH]c2cccnc2c1-c1cccc(C(F)(F)F)c1. The lowest BCUT2D eigenvalue weighted by Crippen LogP contribution is -2.53. The molecule has 36 heavy (non-hydrogen) atoms. The van der Waals surface area contributed by atoms with Gasteiger partial charge in [0.1, 0.15) is 12.4 Å². The van der Waals surface area contributed by atoms with E-state index in [0.717, 1.165) is 17.5 Å². The highest BCUT2D eigenvalue weighted by Gasteiger charge is 2.36. The number of nitrogens with one attached hydrogen (secondary N) is 1. The number of alkyl halides is 3. The number of hydrogen-bond acceptors (Lipinski definition) is 5. The molecule has 0 unspecified atom stereocenters. The van der Waals surface area contributed by atoms with Crippen molar-refractivity contribution in [1.82, 2.24) is 19.3 Å². The van der Waals surface area contributed by atoms with Crippen molar-refractivity contribution in [3.05, 3.63) is 78.6 Å². The Kier molecular flexibility index (Phi) is 6.05. The molecule has 4 heterocycles. The van der Waals surface area contributed by atoms with Crippen molar-refractivity contribution < 1.29 is 26.3 Å². The Morgan fingerprint density at radius 1 is 1.19 bits per heavy atom. The molecule has 1 atom stereocenters. The predicted molar refractivity (Wildman–Crippen MR) is 129 cm³/mol. The monoisotopic (exact) mass is 514 g/mol. The second-order valence-corrected chi connectivity index (χ2v) is 10.1. The van der Waals surface area contributed by atoms with Crippen LogP contribution < -0.4 is 4.74 Å². The minimum absolute atomic E-state index is 0.0864. The van der Waals surface area contributed by atoms with E-state index >= 15 is 0 Å². The molecule has 0 amide bonds. The molecule has 0 aliphatic carbocycles. The van der Waals surface area contributed by atoms with Crippen molar-refractivity contribution in [1.29, 1.82) is 0 Å². The normalized spacial score (nSPS) is 16.6. The van der Waals surface area contributed by atoms with E-state index in [-0.39, 0.29) is 12.6 Å². The second-order valence-electron chi connectivity index (χ2n) is 8.30. The average molecular weight is 515 g/mol. The molecule has 0 spiro atoms. The van der Waals surface area contributed by atoms with Gasteiger partial charge >= 0.3 is 6.18 Å². The van der Waals surface area contributed by atoms with E-state index < -0.39 is 21.8 Å². The Balaban J connectivity index is 1.56. The standard InChI is InChI=1S/C25H21F3N4O3S/c1-2-36(33,34)32-12-9-18(32)15-35-21-14-29-11-8-19(21)23-22(24-20(31-23)7-4-10-30-24)16-5-3-6-17(13-16)25(26,27)28/h2-8,10-11,13-14,18,31H,1,9,12,15H2/t18-/m1/s1. The Bertz CT molecular complexity index is 1550. The minimum Gasteiger partial charge on any atom is -0.490 e. The average Bonchev–Trinajstić information content (AvgIpc) is 3.22. The Morgan fingerprint density at radius 2 is 2.03 bits per heavy atom. The number of nitrogens with zero attached hydrogens (tertiary/aromatic N) is 3. The fourth-order valence-electron chi connectivity index (χ4n) is 4.26. The molecule has 1 fully saturated rings. The largest absolute Gasteiger partial charge is 0.490 e. The maximum atomic E-state index is 13.5. The van der Waals surface area contributed by atoms with Gasteiger partial charge < -0.3 is 9.72 Å². The number of aromatic nitrogens is 3. The topological polar surface area (TPSA) is 88.2 Å². The number of pyridine rings is 2. The number of benzene rings is 1. The third kappa shape index (κ3) is 4.35. The summed E-state index contributed by atoms with van der Waals surface area (Å²) in [5.41, 5.74) is 2.30. The lowest BCUT2D eigenvalue weighted by molar-refractivity contribution is -0.137. The number of hydrogen-bond donors (Lipinski definition) is 1. The van der Waals surface area contributed by atoms with E-state index in [4.69, 9.17) is 4.74 Å². The summed E-state index contributed by atoms with van der Waals surface area (Å²) in [5.74, 6) is 0.361. The van der Waals surface area contributed by atoms with Crippen LogP contribution in [0.15, 0.2) is 73.0 Å². The third-order valence-corrected chi connectivity index (χ3v) is 7.70. The first-order chi connectivity index (χ1) is 17.2. The van der Waals surface area contributed by atoms with Crippen LogP contribution in [0.5, 0.6) is 5.75 Å². The first-order valence-corrected chi connectivity index (χ1v) is 12.5. The molecule has 186 valence electrons. The molecule has 4 aromatic rings. The number of rotatable bonds is 7. The lowest BCUT2D eigenvalue weighted by Gasteiger charge is -2.38. The van der Waals surface area contributed by atoms with Gasteiger partial charge in [0.25, 0.3) is 0 Å². The molecule has 1 aromatic carbocycles. The lowest BCUT2D eigenvalue weighted by atomic mass is 9.98. The fraction of sp³-hybridized carbons (Fsp3) is 0.200. The number of ether oxygens (including phenoxy) is 1. The molecular weight excluding hydrogens is 493 g/mol. The van der Waals surface area contributed by atoms with Gasteiger partial charge in [0.15, 0.2) is 0 Å². The summed E-state index contributed by atoms with van der Waals surface area (Å²) in [7, 11) is -3.56. The number of sulfonamides is 1. The van der Waals surface area contributed by atoms with E-state index in [2.05, 4.69) is 21.5 Å². The molecule has 1 aliphatic rings. The fourth-order valence-corrected chi connectivity index (χ4v) is 5.39. The molecule has 1 N–H and O–H groups in total. The minimum atomic E-state index is -4.50. The first kappa shape index (κ1) is 24.0. The molecular formula is C25H21F3N4O3S. The highest BCUT2D eigenvalue weighted by Crippen LogP contribution is 2.42. The Hall–Kier alpha value is -3.70. The van der Waals surface area contributed by atoms with E-state index in [1.54, 1.807) is 36.7 Å². The summed E-state index contributed by atoms with van der Waals surface area (Å²) in [5, 5.41) is 0.910. The molecule has 0 bridgehead atoms. The smallest absolute Gasteiger partial charge is 0.416 e. The van der Waals surface area contributed by atoms with Gasteiger partial charge in [-0.1, -0.05) is 18.7 Å². The third-order valence-electron chi connectivity index (χ3n) is 6.15. The van der Waals surface area contributed by atoms with Crippen LogP contribution in [-0.2, 0) is 16.2 Å². The number of fused-ring (bicyclic) bond motifs is 1. The van der Waals surface area contributed by atoms with Gasteiger partial charge in [0, 0.05) is 35.5 Å². The number of H-pyrrole nitrogens is 1. The van der Waals surface area contributed by atoms with Gasteiger partial charge in [0.2, 0.25) is 10.0 Å². The van der Waals surface area contributed by atoms with E-state index in [9.17, 15) is 21.6 Å². The maximum Gasteiger partial charge on any atom is 0.416 e. The van der Waals surface area contributed by atoms with Crippen LogP contribution in [-0.4, -0.2) is 46.9 Å². The van der Waals surface area contributed by atoms with E-state index in [1.807, 2.05) is 0 Å². The van der Waals surface area contributed by atoms with Gasteiger partial charge in [-0.05, 0) is 42.3 Å². The zero-order chi connectivity index (χ0) is 25.5. The summed E-state index contributed by atoms with van der Waals surface area (Å²) >= 11 is 0. The van der Waals surface area contributed by atoms with Crippen LogP contribution in [0.4, 0.5) is 13.2 Å². The Morgan fingerprint density at radius 3 is 2.75 bits per heavy atom. The zero-order valence-corrected chi connectivity index (χ0v) is 19.7.